The van der Waals surface area contributed by atoms with Crippen LogP contribution in [0.4, 0.5) is 0 Å². The number of Topliss-reactive ketones (excluding diaryl/α,β-unsaturated/α-hetero) is 1. The number of carbonyl (C=O) groups is 2. The van der Waals surface area contributed by atoms with Gasteiger partial charge in [0.25, 0.3) is 0 Å². The molecule has 6 nitrogen and oxygen atoms in total. The first-order valence-corrected chi connectivity index (χ1v) is 13.5. The molecule has 7 atom stereocenters. The van der Waals surface area contributed by atoms with Crippen LogP contribution in [0.5, 0.6) is 0 Å². The molecule has 1 saturated carbocycles. The van der Waals surface area contributed by atoms with Gasteiger partial charge in [-0.05, 0) is 62.5 Å². The maximum Gasteiger partial charge on any atom is 0.309 e. The number of hydrogen-bond donors (Lipinski definition) is 2. The van der Waals surface area contributed by atoms with E-state index in [1.165, 1.54) is 0 Å². The van der Waals surface area contributed by atoms with Gasteiger partial charge in [0.2, 0.25) is 0 Å². The molecule has 1 aliphatic heterocycles. The maximum absolute atomic E-state index is 13.2. The van der Waals surface area contributed by atoms with Crippen LogP contribution < -0.4 is 0 Å². The molecule has 7 heteroatoms. The van der Waals surface area contributed by atoms with Crippen LogP contribution in [0.1, 0.15) is 83.8 Å². The van der Waals surface area contributed by atoms with Gasteiger partial charge in [-0.15, -0.1) is 11.3 Å². The van der Waals surface area contributed by atoms with Crippen LogP contribution in [0.25, 0.3) is 6.08 Å². The molecule has 2 fully saturated rings. The number of cyclic esters (lactones) is 1. The van der Waals surface area contributed by atoms with E-state index in [1.54, 1.807) is 32.1 Å². The van der Waals surface area contributed by atoms with E-state index in [1.807, 2.05) is 32.2 Å². The first kappa shape index (κ1) is 27.0. The summed E-state index contributed by atoms with van der Waals surface area (Å²) in [5.74, 6) is -0.234. The summed E-state index contributed by atoms with van der Waals surface area (Å²) in [6.07, 6.45) is 4.23. The molecule has 3 rings (SSSR count). The van der Waals surface area contributed by atoms with Crippen LogP contribution in [-0.4, -0.2) is 45.3 Å². The first-order valence-electron chi connectivity index (χ1n) is 12.6. The Kier molecular flexibility index (Phi) is 8.75. The number of nitrogens with zero attached hydrogens (tertiary/aromatic N) is 1. The van der Waals surface area contributed by atoms with Crippen LogP contribution in [0.15, 0.2) is 11.0 Å². The Balaban J connectivity index is 1.81. The molecule has 190 valence electrons. The largest absolute Gasteiger partial charge is 0.458 e. The van der Waals surface area contributed by atoms with Crippen molar-refractivity contribution >= 4 is 29.2 Å². The number of thiazole rings is 1. The number of aliphatic hydroxyl groups excluding tert-OH is 2. The normalized spacial score (nSPS) is 36.0. The molecular weight excluding hydrogens is 450 g/mol. The molecule has 1 saturated heterocycles. The molecule has 0 bridgehead atoms. The molecule has 2 N–H and O–H groups in total. The number of carbonyl (C=O) groups excluding carboxylic acids is 2. The van der Waals surface area contributed by atoms with Crippen LogP contribution in [0.2, 0.25) is 0 Å². The molecule has 1 aliphatic carbocycles. The fourth-order valence-electron chi connectivity index (χ4n) is 5.22. The number of aliphatic hydroxyl groups is 2. The van der Waals surface area contributed by atoms with Crippen molar-refractivity contribution < 1.29 is 24.5 Å². The summed E-state index contributed by atoms with van der Waals surface area (Å²) in [5.41, 5.74) is 0.639. The Morgan fingerprint density at radius 2 is 1.88 bits per heavy atom. The van der Waals surface area contributed by atoms with Crippen molar-refractivity contribution in [2.75, 3.05) is 0 Å². The summed E-state index contributed by atoms with van der Waals surface area (Å²) in [4.78, 5) is 30.6. The summed E-state index contributed by atoms with van der Waals surface area (Å²) in [6.45, 7) is 10.9. The van der Waals surface area contributed by atoms with Crippen LogP contribution in [0, 0.1) is 36.0 Å². The third kappa shape index (κ3) is 6.55. The third-order valence-electron chi connectivity index (χ3n) is 7.95. The van der Waals surface area contributed by atoms with Crippen molar-refractivity contribution in [3.8, 4) is 0 Å². The number of rotatable bonds is 2. The number of aryl methyl sites for hydroxylation is 1. The zero-order valence-electron chi connectivity index (χ0n) is 21.4. The highest BCUT2D eigenvalue weighted by Crippen LogP contribution is 2.47. The summed E-state index contributed by atoms with van der Waals surface area (Å²) < 4.78 is 5.90. The van der Waals surface area contributed by atoms with E-state index in [4.69, 9.17) is 4.74 Å². The third-order valence-corrected chi connectivity index (χ3v) is 8.74. The van der Waals surface area contributed by atoms with Gasteiger partial charge in [-0.1, -0.05) is 40.5 Å². The molecule has 0 radical (unpaired) electrons. The van der Waals surface area contributed by atoms with Crippen molar-refractivity contribution in [1.82, 2.24) is 4.98 Å². The fraction of sp³-hybridized carbons (Fsp3) is 0.741. The number of hydrogen-bond acceptors (Lipinski definition) is 7. The molecule has 2 heterocycles. The average molecular weight is 492 g/mol. The highest BCUT2D eigenvalue weighted by molar-refractivity contribution is 7.09. The van der Waals surface area contributed by atoms with Crippen LogP contribution in [-0.2, 0) is 14.3 Å². The van der Waals surface area contributed by atoms with Gasteiger partial charge >= 0.3 is 5.97 Å². The van der Waals surface area contributed by atoms with E-state index in [-0.39, 0.29) is 24.2 Å². The first-order chi connectivity index (χ1) is 15.9. The van der Waals surface area contributed by atoms with Gasteiger partial charge in [0.1, 0.15) is 11.9 Å². The molecule has 2 aliphatic rings. The van der Waals surface area contributed by atoms with E-state index < -0.39 is 29.5 Å². The standard InChI is InChI=1S/C27H41NO5S/c1-15-8-7-9-19-11-20(19)12-22(16(2)10-21-14-34-18(4)28-21)33-24(30)13-23(29)27(5,6)26(32)17(3)25(15)31/h10,14-15,17,19-20,22-23,25,29,31H,7-9,11-13H2,1-6H3/b16-10+/t15-,17+,19-,20-,22+,23-,25?/m0/s1. The SMILES string of the molecule is C/C(=C\c1csc(C)n1)[C@H]1C[C@@H]2C[C@@H]2CCC[C@H](C)C(O)[C@@H](C)C(=O)C(C)(C)[C@@H](O)CC(=O)O1. The lowest BCUT2D eigenvalue weighted by molar-refractivity contribution is -0.154. The Hall–Kier alpha value is -1.57. The quantitative estimate of drug-likeness (QED) is 0.568. The molecule has 1 unspecified atom stereocenters. The number of ketones is 1. The minimum absolute atomic E-state index is 0.00135. The predicted octanol–water partition coefficient (Wildman–Crippen LogP) is 4.96. The van der Waals surface area contributed by atoms with Gasteiger partial charge < -0.3 is 14.9 Å². The van der Waals surface area contributed by atoms with Gasteiger partial charge in [0, 0.05) is 11.3 Å². The van der Waals surface area contributed by atoms with Gasteiger partial charge in [-0.3, -0.25) is 9.59 Å². The minimum atomic E-state index is -1.19. The smallest absolute Gasteiger partial charge is 0.309 e. The zero-order chi connectivity index (χ0) is 25.2. The molecule has 34 heavy (non-hydrogen) atoms. The summed E-state index contributed by atoms with van der Waals surface area (Å²) in [7, 11) is 0. The van der Waals surface area contributed by atoms with E-state index >= 15 is 0 Å². The molecule has 1 aromatic heterocycles. The fourth-order valence-corrected chi connectivity index (χ4v) is 5.79. The summed E-state index contributed by atoms with van der Waals surface area (Å²) in [6, 6.07) is 0. The Morgan fingerprint density at radius 1 is 1.18 bits per heavy atom. The van der Waals surface area contributed by atoms with Gasteiger partial charge in [-0.25, -0.2) is 4.98 Å². The lowest BCUT2D eigenvalue weighted by atomic mass is 9.73. The highest BCUT2D eigenvalue weighted by Gasteiger charge is 2.43. The van der Waals surface area contributed by atoms with Crippen molar-refractivity contribution in [2.24, 2.45) is 29.1 Å². The van der Waals surface area contributed by atoms with Crippen molar-refractivity contribution in [3.63, 3.8) is 0 Å². The van der Waals surface area contributed by atoms with Crippen molar-refractivity contribution in [1.29, 1.82) is 0 Å². The minimum Gasteiger partial charge on any atom is -0.458 e. The number of fused-ring (bicyclic) bond motifs is 1. The lowest BCUT2D eigenvalue weighted by Gasteiger charge is -2.34. The average Bonchev–Trinajstić information content (AvgIpc) is 3.38. The van der Waals surface area contributed by atoms with Gasteiger partial charge in [-0.2, -0.15) is 0 Å². The maximum atomic E-state index is 13.2. The second-order valence-corrected chi connectivity index (χ2v) is 12.2. The van der Waals surface area contributed by atoms with E-state index in [2.05, 4.69) is 4.98 Å². The van der Waals surface area contributed by atoms with Gasteiger partial charge in [0.15, 0.2) is 0 Å². The van der Waals surface area contributed by atoms with E-state index in [0.717, 1.165) is 48.4 Å². The number of esters is 1. The summed E-state index contributed by atoms with van der Waals surface area (Å²) >= 11 is 1.58. The Bertz CT molecular complexity index is 907. The van der Waals surface area contributed by atoms with Crippen molar-refractivity contribution in [3.05, 3.63) is 21.7 Å². The van der Waals surface area contributed by atoms with Gasteiger partial charge in [0.05, 0.1) is 34.7 Å². The molecule has 0 amide bonds. The second-order valence-electron chi connectivity index (χ2n) is 11.1. The van der Waals surface area contributed by atoms with E-state index in [0.29, 0.717) is 11.8 Å². The van der Waals surface area contributed by atoms with Crippen molar-refractivity contribution in [2.45, 2.75) is 98.4 Å². The van der Waals surface area contributed by atoms with Crippen LogP contribution >= 0.6 is 11.3 Å². The number of ether oxygens (including phenoxy) is 1. The molecule has 1 aromatic rings. The lowest BCUT2D eigenvalue weighted by Crippen LogP contribution is -2.45. The highest BCUT2D eigenvalue weighted by atomic mass is 32.1. The molecule has 0 aromatic carbocycles. The van der Waals surface area contributed by atoms with E-state index in [9.17, 15) is 19.8 Å². The Labute approximate surface area is 207 Å². The topological polar surface area (TPSA) is 96.7 Å². The Morgan fingerprint density at radius 3 is 2.53 bits per heavy atom. The zero-order valence-corrected chi connectivity index (χ0v) is 22.2. The summed E-state index contributed by atoms with van der Waals surface area (Å²) in [5, 5.41) is 24.6. The molecular formula is C27H41NO5S. The van der Waals surface area contributed by atoms with Crippen LogP contribution in [0.3, 0.4) is 0 Å². The predicted molar refractivity (Wildman–Crippen MR) is 134 cm³/mol. The number of aromatic nitrogens is 1. The monoisotopic (exact) mass is 491 g/mol. The second kappa shape index (κ2) is 11.0. The molecule has 0 spiro atoms.